The second kappa shape index (κ2) is 8.29. The molecule has 1 aliphatic heterocycles. The summed E-state index contributed by atoms with van der Waals surface area (Å²) in [5.41, 5.74) is 2.20. The van der Waals surface area contributed by atoms with Crippen LogP contribution >= 0.6 is 23.4 Å². The summed E-state index contributed by atoms with van der Waals surface area (Å²) in [6.45, 7) is 2.71. The van der Waals surface area contributed by atoms with E-state index in [2.05, 4.69) is 6.92 Å². The van der Waals surface area contributed by atoms with Gasteiger partial charge < -0.3 is 4.74 Å². The number of ether oxygens (including phenoxy) is 1. The molecule has 0 bridgehead atoms. The quantitative estimate of drug-likeness (QED) is 0.426. The highest BCUT2D eigenvalue weighted by molar-refractivity contribution is 7.99. The van der Waals surface area contributed by atoms with Gasteiger partial charge in [0.05, 0.1) is 23.5 Å². The standard InChI is InChI=1S/C23H20ClNO2S/c1-2-3-14-27-20-10-6-4-8-17(20)23(26)25-18-9-5-7-11-21(18)28-22-13-12-16(24)15-19(22)25/h4-13,15H,2-3,14H2,1H3. The number of nitrogens with zero attached hydrogens (tertiary/aromatic N) is 1. The number of carbonyl (C=O) groups excluding carboxylic acids is 1. The summed E-state index contributed by atoms with van der Waals surface area (Å²) < 4.78 is 5.91. The molecule has 0 aromatic heterocycles. The Balaban J connectivity index is 1.79. The van der Waals surface area contributed by atoms with Gasteiger partial charge in [0, 0.05) is 14.8 Å². The van der Waals surface area contributed by atoms with Crippen molar-refractivity contribution < 1.29 is 9.53 Å². The highest BCUT2D eigenvalue weighted by Crippen LogP contribution is 2.49. The highest BCUT2D eigenvalue weighted by Gasteiger charge is 2.30. The van der Waals surface area contributed by atoms with Gasteiger partial charge in [0.1, 0.15) is 5.75 Å². The van der Waals surface area contributed by atoms with Gasteiger partial charge in [-0.2, -0.15) is 0 Å². The number of halogens is 1. The second-order valence-electron chi connectivity index (χ2n) is 6.52. The third-order valence-electron chi connectivity index (χ3n) is 4.56. The van der Waals surface area contributed by atoms with Crippen molar-refractivity contribution in [2.24, 2.45) is 0 Å². The first-order valence-electron chi connectivity index (χ1n) is 9.31. The van der Waals surface area contributed by atoms with E-state index in [9.17, 15) is 4.79 Å². The molecule has 0 saturated carbocycles. The topological polar surface area (TPSA) is 29.5 Å². The number of para-hydroxylation sites is 2. The number of fused-ring (bicyclic) bond motifs is 2. The van der Waals surface area contributed by atoms with Crippen molar-refractivity contribution in [2.75, 3.05) is 11.5 Å². The van der Waals surface area contributed by atoms with E-state index in [0.29, 0.717) is 22.9 Å². The summed E-state index contributed by atoms with van der Waals surface area (Å²) in [5, 5.41) is 0.601. The van der Waals surface area contributed by atoms with Gasteiger partial charge in [-0.25, -0.2) is 0 Å². The molecule has 0 unspecified atom stereocenters. The maximum absolute atomic E-state index is 13.7. The zero-order valence-corrected chi connectivity index (χ0v) is 17.1. The average molecular weight is 410 g/mol. The molecule has 3 nitrogen and oxygen atoms in total. The van der Waals surface area contributed by atoms with Gasteiger partial charge in [-0.15, -0.1) is 0 Å². The van der Waals surface area contributed by atoms with Crippen molar-refractivity contribution in [3.05, 3.63) is 77.3 Å². The van der Waals surface area contributed by atoms with Crippen LogP contribution in [0.4, 0.5) is 11.4 Å². The van der Waals surface area contributed by atoms with Gasteiger partial charge in [0.15, 0.2) is 0 Å². The minimum atomic E-state index is -0.122. The van der Waals surface area contributed by atoms with Crippen molar-refractivity contribution >= 4 is 40.6 Å². The molecule has 4 rings (SSSR count). The van der Waals surface area contributed by atoms with Gasteiger partial charge in [-0.3, -0.25) is 9.69 Å². The van der Waals surface area contributed by atoms with Crippen LogP contribution < -0.4 is 9.64 Å². The van der Waals surface area contributed by atoms with Gasteiger partial charge >= 0.3 is 0 Å². The molecule has 0 atom stereocenters. The van der Waals surface area contributed by atoms with Gasteiger partial charge in [0.25, 0.3) is 5.91 Å². The lowest BCUT2D eigenvalue weighted by atomic mass is 10.1. The molecule has 142 valence electrons. The first kappa shape index (κ1) is 18.9. The van der Waals surface area contributed by atoms with Crippen LogP contribution in [0, 0.1) is 0 Å². The van der Waals surface area contributed by atoms with Gasteiger partial charge in [0.2, 0.25) is 0 Å². The third-order valence-corrected chi connectivity index (χ3v) is 5.93. The van der Waals surface area contributed by atoms with E-state index >= 15 is 0 Å². The minimum absolute atomic E-state index is 0.122. The van der Waals surface area contributed by atoms with Gasteiger partial charge in [-0.1, -0.05) is 61.0 Å². The van der Waals surface area contributed by atoms with Crippen LogP contribution in [-0.4, -0.2) is 12.5 Å². The molecule has 1 amide bonds. The van der Waals surface area contributed by atoms with Crippen LogP contribution in [0.25, 0.3) is 0 Å². The van der Waals surface area contributed by atoms with E-state index < -0.39 is 0 Å². The predicted molar refractivity (Wildman–Crippen MR) is 115 cm³/mol. The lowest BCUT2D eigenvalue weighted by Gasteiger charge is -2.31. The molecule has 3 aromatic rings. The molecule has 0 N–H and O–H groups in total. The number of rotatable bonds is 5. The van der Waals surface area contributed by atoms with Crippen LogP contribution in [0.15, 0.2) is 76.5 Å². The summed E-state index contributed by atoms with van der Waals surface area (Å²) in [6.07, 6.45) is 1.99. The van der Waals surface area contributed by atoms with Crippen molar-refractivity contribution in [3.63, 3.8) is 0 Å². The number of carbonyl (C=O) groups is 1. The van der Waals surface area contributed by atoms with E-state index in [1.807, 2.05) is 66.7 Å². The molecule has 5 heteroatoms. The van der Waals surface area contributed by atoms with E-state index in [4.69, 9.17) is 16.3 Å². The minimum Gasteiger partial charge on any atom is -0.493 e. The van der Waals surface area contributed by atoms with E-state index in [1.54, 1.807) is 16.7 Å². The van der Waals surface area contributed by atoms with Crippen molar-refractivity contribution in [2.45, 2.75) is 29.6 Å². The molecular weight excluding hydrogens is 390 g/mol. The zero-order chi connectivity index (χ0) is 19.5. The van der Waals surface area contributed by atoms with E-state index in [-0.39, 0.29) is 5.91 Å². The molecule has 0 saturated heterocycles. The Labute approximate surface area is 174 Å². The summed E-state index contributed by atoms with van der Waals surface area (Å²) in [5.74, 6) is 0.489. The Bertz CT molecular complexity index is 1020. The van der Waals surface area contributed by atoms with E-state index in [0.717, 1.165) is 34.0 Å². The molecular formula is C23H20ClNO2S. The second-order valence-corrected chi connectivity index (χ2v) is 8.04. The number of amides is 1. The molecule has 0 fully saturated rings. The summed E-state index contributed by atoms with van der Waals surface area (Å²) in [6, 6.07) is 21.0. The maximum atomic E-state index is 13.7. The Morgan fingerprint density at radius 3 is 2.61 bits per heavy atom. The molecule has 0 spiro atoms. The fraction of sp³-hybridized carbons (Fsp3) is 0.174. The highest BCUT2D eigenvalue weighted by atomic mass is 35.5. The Morgan fingerprint density at radius 1 is 1.00 bits per heavy atom. The van der Waals surface area contributed by atoms with Crippen LogP contribution in [-0.2, 0) is 0 Å². The van der Waals surface area contributed by atoms with Crippen molar-refractivity contribution in [3.8, 4) is 5.75 Å². The molecule has 0 radical (unpaired) electrons. The van der Waals surface area contributed by atoms with Gasteiger partial charge in [-0.05, 0) is 48.9 Å². The fourth-order valence-corrected chi connectivity index (χ4v) is 4.37. The van der Waals surface area contributed by atoms with Crippen LogP contribution in [0.3, 0.4) is 0 Å². The van der Waals surface area contributed by atoms with Crippen molar-refractivity contribution in [1.82, 2.24) is 0 Å². The summed E-state index contributed by atoms with van der Waals surface area (Å²) >= 11 is 7.91. The predicted octanol–water partition coefficient (Wildman–Crippen LogP) is 6.96. The lowest BCUT2D eigenvalue weighted by molar-refractivity contribution is 0.0994. The Morgan fingerprint density at radius 2 is 1.75 bits per heavy atom. The maximum Gasteiger partial charge on any atom is 0.266 e. The molecule has 0 aliphatic carbocycles. The monoisotopic (exact) mass is 409 g/mol. The first-order chi connectivity index (χ1) is 13.7. The molecule has 1 heterocycles. The third kappa shape index (κ3) is 3.62. The smallest absolute Gasteiger partial charge is 0.266 e. The summed E-state index contributed by atoms with van der Waals surface area (Å²) in [4.78, 5) is 17.5. The van der Waals surface area contributed by atoms with E-state index in [1.165, 1.54) is 0 Å². The lowest BCUT2D eigenvalue weighted by Crippen LogP contribution is -2.29. The number of hydrogen-bond donors (Lipinski definition) is 0. The number of hydrogen-bond acceptors (Lipinski definition) is 3. The Hall–Kier alpha value is -2.43. The Kier molecular flexibility index (Phi) is 5.60. The fourth-order valence-electron chi connectivity index (χ4n) is 3.16. The number of benzene rings is 3. The summed E-state index contributed by atoms with van der Waals surface area (Å²) in [7, 11) is 0. The number of unbranched alkanes of at least 4 members (excludes halogenated alkanes) is 1. The average Bonchev–Trinajstić information content (AvgIpc) is 2.72. The normalized spacial score (nSPS) is 12.3. The SMILES string of the molecule is CCCCOc1ccccc1C(=O)N1c2ccccc2Sc2ccc(Cl)cc21. The molecule has 1 aliphatic rings. The van der Waals surface area contributed by atoms with Crippen LogP contribution in [0.5, 0.6) is 5.75 Å². The largest absolute Gasteiger partial charge is 0.493 e. The molecule has 28 heavy (non-hydrogen) atoms. The van der Waals surface area contributed by atoms with Crippen LogP contribution in [0.1, 0.15) is 30.1 Å². The number of anilines is 2. The van der Waals surface area contributed by atoms with Crippen molar-refractivity contribution in [1.29, 1.82) is 0 Å². The zero-order valence-electron chi connectivity index (χ0n) is 15.5. The first-order valence-corrected chi connectivity index (χ1v) is 10.5. The molecule has 3 aromatic carbocycles. The van der Waals surface area contributed by atoms with Crippen LogP contribution in [0.2, 0.25) is 5.02 Å².